The highest BCUT2D eigenvalue weighted by atomic mass is 16.5. The number of hydrogen-bond acceptors (Lipinski definition) is 2. The average Bonchev–Trinajstić information content (AvgIpc) is 2.92. The first-order chi connectivity index (χ1) is 10.3. The largest absolute Gasteiger partial charge is 0.469 e. The van der Waals surface area contributed by atoms with Gasteiger partial charge in [-0.1, -0.05) is 42.5 Å². The monoisotopic (exact) mass is 279 g/mol. The van der Waals surface area contributed by atoms with Crippen LogP contribution < -0.4 is 0 Å². The summed E-state index contributed by atoms with van der Waals surface area (Å²) in [5, 5.41) is 1.25. The van der Waals surface area contributed by atoms with Gasteiger partial charge < -0.3 is 9.30 Å². The second-order valence-corrected chi connectivity index (χ2v) is 5.07. The molecular formula is C18H17NO2. The quantitative estimate of drug-likeness (QED) is 0.685. The number of nitrogens with zero attached hydrogens (tertiary/aromatic N) is 1. The fraction of sp³-hybridized carbons (Fsp3) is 0.167. The first kappa shape index (κ1) is 13.4. The van der Waals surface area contributed by atoms with E-state index in [9.17, 15) is 4.79 Å². The second kappa shape index (κ2) is 5.83. The van der Waals surface area contributed by atoms with Gasteiger partial charge in [0, 0.05) is 18.3 Å². The average molecular weight is 279 g/mol. The molecule has 21 heavy (non-hydrogen) atoms. The summed E-state index contributed by atoms with van der Waals surface area (Å²) in [4.78, 5) is 11.2. The number of carbonyl (C=O) groups is 1. The van der Waals surface area contributed by atoms with Crippen LogP contribution in [0.5, 0.6) is 0 Å². The Hall–Kier alpha value is -2.55. The van der Waals surface area contributed by atoms with Gasteiger partial charge in [-0.05, 0) is 28.6 Å². The third-order valence-electron chi connectivity index (χ3n) is 3.63. The predicted octanol–water partition coefficient (Wildman–Crippen LogP) is 3.41. The van der Waals surface area contributed by atoms with Crippen LogP contribution in [0.1, 0.15) is 11.1 Å². The molecule has 0 fully saturated rings. The third kappa shape index (κ3) is 2.97. The van der Waals surface area contributed by atoms with Crippen LogP contribution in [0.2, 0.25) is 0 Å². The molecule has 0 amide bonds. The fourth-order valence-corrected chi connectivity index (χ4v) is 2.48. The SMILES string of the molecule is COC(=O)Cc1ccc(Cn2ccc3ccccc32)cc1. The van der Waals surface area contributed by atoms with Crippen molar-refractivity contribution < 1.29 is 9.53 Å². The summed E-state index contributed by atoms with van der Waals surface area (Å²) in [7, 11) is 1.41. The summed E-state index contributed by atoms with van der Waals surface area (Å²) in [6, 6.07) is 18.6. The van der Waals surface area contributed by atoms with E-state index >= 15 is 0 Å². The molecule has 3 nitrogen and oxygen atoms in total. The van der Waals surface area contributed by atoms with E-state index < -0.39 is 0 Å². The number of carbonyl (C=O) groups excluding carboxylic acids is 1. The highest BCUT2D eigenvalue weighted by Gasteiger charge is 2.04. The van der Waals surface area contributed by atoms with Crippen molar-refractivity contribution in [1.82, 2.24) is 4.57 Å². The van der Waals surface area contributed by atoms with Gasteiger partial charge >= 0.3 is 5.97 Å². The molecule has 3 aromatic rings. The van der Waals surface area contributed by atoms with Gasteiger partial charge in [-0.3, -0.25) is 4.79 Å². The van der Waals surface area contributed by atoms with Crippen molar-refractivity contribution in [2.75, 3.05) is 7.11 Å². The van der Waals surface area contributed by atoms with Crippen LogP contribution in [0.15, 0.2) is 60.8 Å². The van der Waals surface area contributed by atoms with E-state index in [1.54, 1.807) is 0 Å². The van der Waals surface area contributed by atoms with Crippen molar-refractivity contribution in [2.24, 2.45) is 0 Å². The first-order valence-corrected chi connectivity index (χ1v) is 6.95. The number of esters is 1. The Kier molecular flexibility index (Phi) is 3.73. The number of ether oxygens (including phenoxy) is 1. The number of methoxy groups -OCH3 is 1. The molecule has 0 aliphatic heterocycles. The van der Waals surface area contributed by atoms with Crippen LogP contribution in [0.4, 0.5) is 0 Å². The van der Waals surface area contributed by atoms with Crippen molar-refractivity contribution in [3.8, 4) is 0 Å². The molecule has 0 aliphatic carbocycles. The van der Waals surface area contributed by atoms with E-state index in [1.807, 2.05) is 18.2 Å². The molecule has 0 unspecified atom stereocenters. The maximum Gasteiger partial charge on any atom is 0.309 e. The van der Waals surface area contributed by atoms with Gasteiger partial charge in [-0.25, -0.2) is 0 Å². The Morgan fingerprint density at radius 1 is 1.00 bits per heavy atom. The van der Waals surface area contributed by atoms with E-state index in [1.165, 1.54) is 23.6 Å². The zero-order chi connectivity index (χ0) is 14.7. The number of hydrogen-bond donors (Lipinski definition) is 0. The lowest BCUT2D eigenvalue weighted by Crippen LogP contribution is -2.04. The van der Waals surface area contributed by atoms with Crippen molar-refractivity contribution >= 4 is 16.9 Å². The van der Waals surface area contributed by atoms with Crippen molar-refractivity contribution in [1.29, 1.82) is 0 Å². The third-order valence-corrected chi connectivity index (χ3v) is 3.63. The molecule has 1 heterocycles. The summed E-state index contributed by atoms with van der Waals surface area (Å²) in [5.74, 6) is -0.209. The molecule has 106 valence electrons. The maximum atomic E-state index is 11.2. The van der Waals surface area contributed by atoms with E-state index in [2.05, 4.69) is 51.9 Å². The number of fused-ring (bicyclic) bond motifs is 1. The van der Waals surface area contributed by atoms with Crippen LogP contribution in [0.25, 0.3) is 10.9 Å². The molecule has 0 N–H and O–H groups in total. The number of aromatic nitrogens is 1. The van der Waals surface area contributed by atoms with Crippen molar-refractivity contribution in [3.63, 3.8) is 0 Å². The molecular weight excluding hydrogens is 262 g/mol. The van der Waals surface area contributed by atoms with Gasteiger partial charge in [0.2, 0.25) is 0 Å². The molecule has 0 aliphatic rings. The van der Waals surface area contributed by atoms with Gasteiger partial charge in [0.25, 0.3) is 0 Å². The molecule has 0 saturated heterocycles. The van der Waals surface area contributed by atoms with Crippen molar-refractivity contribution in [3.05, 3.63) is 71.9 Å². The van der Waals surface area contributed by atoms with Crippen LogP contribution >= 0.6 is 0 Å². The Bertz CT molecular complexity index is 756. The molecule has 0 saturated carbocycles. The Morgan fingerprint density at radius 2 is 1.71 bits per heavy atom. The number of rotatable bonds is 4. The number of benzene rings is 2. The van der Waals surface area contributed by atoms with Crippen LogP contribution in [-0.2, 0) is 22.5 Å². The van der Waals surface area contributed by atoms with Gasteiger partial charge in [0.15, 0.2) is 0 Å². The van der Waals surface area contributed by atoms with Gasteiger partial charge in [-0.2, -0.15) is 0 Å². The van der Waals surface area contributed by atoms with E-state index in [0.29, 0.717) is 6.42 Å². The summed E-state index contributed by atoms with van der Waals surface area (Å²) >= 11 is 0. The Labute approximate surface area is 123 Å². The van der Waals surface area contributed by atoms with Crippen LogP contribution in [0.3, 0.4) is 0 Å². The minimum absolute atomic E-state index is 0.209. The molecule has 0 spiro atoms. The second-order valence-electron chi connectivity index (χ2n) is 5.07. The first-order valence-electron chi connectivity index (χ1n) is 6.95. The molecule has 0 bridgehead atoms. The summed E-state index contributed by atoms with van der Waals surface area (Å²) < 4.78 is 6.90. The smallest absolute Gasteiger partial charge is 0.309 e. The lowest BCUT2D eigenvalue weighted by molar-refractivity contribution is -0.139. The maximum absolute atomic E-state index is 11.2. The standard InChI is InChI=1S/C18H17NO2/c1-21-18(20)12-14-6-8-15(9-7-14)13-19-11-10-16-4-2-3-5-17(16)19/h2-11H,12-13H2,1H3. The van der Waals surface area contributed by atoms with Crippen LogP contribution in [0, 0.1) is 0 Å². The van der Waals surface area contributed by atoms with Crippen LogP contribution in [-0.4, -0.2) is 17.6 Å². The zero-order valence-electron chi connectivity index (χ0n) is 12.0. The van der Waals surface area contributed by atoms with E-state index in [4.69, 9.17) is 0 Å². The molecule has 1 aromatic heterocycles. The van der Waals surface area contributed by atoms with Crippen molar-refractivity contribution in [2.45, 2.75) is 13.0 Å². The Morgan fingerprint density at radius 3 is 2.48 bits per heavy atom. The molecule has 0 atom stereocenters. The summed E-state index contributed by atoms with van der Waals surface area (Å²) in [5.41, 5.74) is 3.42. The van der Waals surface area contributed by atoms with E-state index in [-0.39, 0.29) is 5.97 Å². The highest BCUT2D eigenvalue weighted by Crippen LogP contribution is 2.17. The normalized spacial score (nSPS) is 10.7. The minimum Gasteiger partial charge on any atom is -0.469 e. The topological polar surface area (TPSA) is 31.2 Å². The number of para-hydroxylation sites is 1. The van der Waals surface area contributed by atoms with Gasteiger partial charge in [0.05, 0.1) is 13.5 Å². The molecule has 2 aromatic carbocycles. The highest BCUT2D eigenvalue weighted by molar-refractivity contribution is 5.80. The minimum atomic E-state index is -0.209. The lowest BCUT2D eigenvalue weighted by Gasteiger charge is -2.07. The Balaban J connectivity index is 1.77. The molecule has 3 heteroatoms. The summed E-state index contributed by atoms with van der Waals surface area (Å²) in [6.45, 7) is 0.825. The predicted molar refractivity (Wildman–Crippen MR) is 83.2 cm³/mol. The molecule has 0 radical (unpaired) electrons. The van der Waals surface area contributed by atoms with Gasteiger partial charge in [-0.15, -0.1) is 0 Å². The molecule has 3 rings (SSSR count). The fourth-order valence-electron chi connectivity index (χ4n) is 2.48. The lowest BCUT2D eigenvalue weighted by atomic mass is 10.1. The van der Waals surface area contributed by atoms with E-state index in [0.717, 1.165) is 12.1 Å². The van der Waals surface area contributed by atoms with Gasteiger partial charge in [0.1, 0.15) is 0 Å². The summed E-state index contributed by atoms with van der Waals surface area (Å²) in [6.07, 6.45) is 2.43. The zero-order valence-corrected chi connectivity index (χ0v) is 12.0.